The van der Waals surface area contributed by atoms with E-state index in [1.54, 1.807) is 4.90 Å². The van der Waals surface area contributed by atoms with Crippen LogP contribution in [0.25, 0.3) is 0 Å². The molecule has 0 aliphatic carbocycles. The summed E-state index contributed by atoms with van der Waals surface area (Å²) in [5, 5.41) is 0. The second kappa shape index (κ2) is 4.00. The van der Waals surface area contributed by atoms with Gasteiger partial charge in [0.25, 0.3) is 0 Å². The third-order valence-electron chi connectivity index (χ3n) is 3.06. The highest BCUT2D eigenvalue weighted by Gasteiger charge is 2.28. The van der Waals surface area contributed by atoms with Crippen LogP contribution in [0.5, 0.6) is 0 Å². The van der Waals surface area contributed by atoms with Crippen molar-refractivity contribution in [2.45, 2.75) is 13.3 Å². The molecule has 1 aromatic carbocycles. The Bertz CT molecular complexity index is 440. The van der Waals surface area contributed by atoms with Crippen molar-refractivity contribution in [3.63, 3.8) is 0 Å². The first-order valence-electron chi connectivity index (χ1n) is 5.41. The fourth-order valence-corrected chi connectivity index (χ4v) is 1.94. The maximum atomic E-state index is 11.8. The first-order valence-corrected chi connectivity index (χ1v) is 5.41. The fourth-order valence-electron chi connectivity index (χ4n) is 1.94. The summed E-state index contributed by atoms with van der Waals surface area (Å²) >= 11 is 0. The van der Waals surface area contributed by atoms with Crippen LogP contribution in [0.2, 0.25) is 0 Å². The number of hydrogen-bond donors (Lipinski definition) is 1. The predicted octanol–water partition coefficient (Wildman–Crippen LogP) is 2.12. The number of anilines is 2. The van der Waals surface area contributed by atoms with Crippen LogP contribution in [0.4, 0.5) is 11.4 Å². The smallest absolute Gasteiger partial charge is 0.227 e. The average molecular weight is 216 g/mol. The Balaban J connectivity index is 2.27. The molecule has 1 fully saturated rings. The van der Waals surface area contributed by atoms with Gasteiger partial charge in [-0.05, 0) is 24.6 Å². The highest BCUT2D eigenvalue weighted by Crippen LogP contribution is 2.27. The van der Waals surface area contributed by atoms with E-state index in [0.29, 0.717) is 13.0 Å². The second-order valence-electron chi connectivity index (χ2n) is 4.25. The summed E-state index contributed by atoms with van der Waals surface area (Å²) in [5.41, 5.74) is 8.50. The zero-order chi connectivity index (χ0) is 11.7. The predicted molar refractivity (Wildman–Crippen MR) is 66.2 cm³/mol. The highest BCUT2D eigenvalue weighted by molar-refractivity contribution is 5.96. The molecule has 0 aromatic heterocycles. The number of carbonyl (C=O) groups excluding carboxylic acids is 1. The quantitative estimate of drug-likeness (QED) is 0.608. The number of amides is 1. The van der Waals surface area contributed by atoms with Gasteiger partial charge in [-0.25, -0.2) is 0 Å². The van der Waals surface area contributed by atoms with E-state index in [1.165, 1.54) is 0 Å². The number of hydrogen-bond acceptors (Lipinski definition) is 2. The Morgan fingerprint density at radius 3 is 2.88 bits per heavy atom. The molecule has 1 aromatic rings. The van der Waals surface area contributed by atoms with Crippen molar-refractivity contribution in [1.29, 1.82) is 0 Å². The third-order valence-corrected chi connectivity index (χ3v) is 3.06. The van der Waals surface area contributed by atoms with Crippen LogP contribution in [0.3, 0.4) is 0 Å². The van der Waals surface area contributed by atoms with Crippen LogP contribution in [-0.4, -0.2) is 12.5 Å². The molecule has 2 N–H and O–H groups in total. The zero-order valence-corrected chi connectivity index (χ0v) is 9.44. The number of carbonyl (C=O) groups is 1. The van der Waals surface area contributed by atoms with Gasteiger partial charge in [0.15, 0.2) is 0 Å². The molecule has 1 heterocycles. The van der Waals surface area contributed by atoms with E-state index in [9.17, 15) is 4.79 Å². The molecule has 84 valence electrons. The lowest BCUT2D eigenvalue weighted by atomic mass is 10.1. The minimum Gasteiger partial charge on any atom is -0.398 e. The van der Waals surface area contributed by atoms with Gasteiger partial charge in [-0.3, -0.25) is 4.79 Å². The van der Waals surface area contributed by atoms with Gasteiger partial charge < -0.3 is 10.6 Å². The summed E-state index contributed by atoms with van der Waals surface area (Å²) in [6, 6.07) is 5.74. The van der Waals surface area contributed by atoms with Gasteiger partial charge in [-0.15, -0.1) is 6.58 Å². The first kappa shape index (κ1) is 10.7. The summed E-state index contributed by atoms with van der Waals surface area (Å²) < 4.78 is 0. The molecule has 3 heteroatoms. The molecule has 1 aliphatic rings. The van der Waals surface area contributed by atoms with Crippen LogP contribution >= 0.6 is 0 Å². The standard InChI is InChI=1S/C13H16N2O/c1-3-10-6-13(16)15(8-10)11-5-4-9(2)12(14)7-11/h3-5,7,10H,1,6,8,14H2,2H3. The number of aryl methyl sites for hydroxylation is 1. The van der Waals surface area contributed by atoms with Crippen molar-refractivity contribution in [3.8, 4) is 0 Å². The maximum absolute atomic E-state index is 11.8. The molecule has 1 aliphatic heterocycles. The van der Waals surface area contributed by atoms with Gasteiger partial charge in [0.05, 0.1) is 0 Å². The Morgan fingerprint density at radius 1 is 1.56 bits per heavy atom. The third kappa shape index (κ3) is 1.81. The molecule has 0 bridgehead atoms. The minimum absolute atomic E-state index is 0.146. The van der Waals surface area contributed by atoms with E-state index in [-0.39, 0.29) is 11.8 Å². The molecular formula is C13H16N2O. The zero-order valence-electron chi connectivity index (χ0n) is 9.44. The summed E-state index contributed by atoms with van der Waals surface area (Å²) in [5.74, 6) is 0.406. The van der Waals surface area contributed by atoms with Gasteiger partial charge in [0.1, 0.15) is 0 Å². The van der Waals surface area contributed by atoms with E-state index in [4.69, 9.17) is 5.73 Å². The lowest BCUT2D eigenvalue weighted by Crippen LogP contribution is -2.24. The number of rotatable bonds is 2. The van der Waals surface area contributed by atoms with E-state index in [1.807, 2.05) is 31.2 Å². The van der Waals surface area contributed by atoms with Gasteiger partial charge in [-0.1, -0.05) is 12.1 Å². The van der Waals surface area contributed by atoms with Gasteiger partial charge in [0.2, 0.25) is 5.91 Å². The van der Waals surface area contributed by atoms with Crippen molar-refractivity contribution in [3.05, 3.63) is 36.4 Å². The monoisotopic (exact) mass is 216 g/mol. The molecule has 3 nitrogen and oxygen atoms in total. The molecule has 0 saturated carbocycles. The highest BCUT2D eigenvalue weighted by atomic mass is 16.2. The first-order chi connectivity index (χ1) is 7.61. The van der Waals surface area contributed by atoms with Crippen molar-refractivity contribution >= 4 is 17.3 Å². The number of nitrogens with two attached hydrogens (primary N) is 1. The molecule has 1 atom stereocenters. The molecule has 1 amide bonds. The van der Waals surface area contributed by atoms with E-state index in [0.717, 1.165) is 16.9 Å². The molecular weight excluding hydrogens is 200 g/mol. The average Bonchev–Trinajstić information content (AvgIpc) is 2.64. The second-order valence-corrected chi connectivity index (χ2v) is 4.25. The topological polar surface area (TPSA) is 46.3 Å². The summed E-state index contributed by atoms with van der Waals surface area (Å²) in [7, 11) is 0. The van der Waals surface area contributed by atoms with E-state index >= 15 is 0 Å². The number of benzene rings is 1. The lowest BCUT2D eigenvalue weighted by Gasteiger charge is -2.17. The van der Waals surface area contributed by atoms with Gasteiger partial charge in [0, 0.05) is 30.3 Å². The van der Waals surface area contributed by atoms with Crippen molar-refractivity contribution in [2.24, 2.45) is 5.92 Å². The molecule has 1 saturated heterocycles. The van der Waals surface area contributed by atoms with Crippen molar-refractivity contribution in [2.75, 3.05) is 17.2 Å². The Labute approximate surface area is 95.6 Å². The summed E-state index contributed by atoms with van der Waals surface area (Å²) in [6.07, 6.45) is 2.40. The van der Waals surface area contributed by atoms with Crippen LogP contribution in [0.15, 0.2) is 30.9 Å². The molecule has 16 heavy (non-hydrogen) atoms. The Hall–Kier alpha value is -1.77. The maximum Gasteiger partial charge on any atom is 0.227 e. The lowest BCUT2D eigenvalue weighted by molar-refractivity contribution is -0.117. The number of nitrogen functional groups attached to an aromatic ring is 1. The Morgan fingerprint density at radius 2 is 2.31 bits per heavy atom. The van der Waals surface area contributed by atoms with Crippen LogP contribution < -0.4 is 10.6 Å². The normalized spacial score (nSPS) is 20.2. The van der Waals surface area contributed by atoms with Gasteiger partial charge >= 0.3 is 0 Å². The van der Waals surface area contributed by atoms with Crippen LogP contribution in [0, 0.1) is 12.8 Å². The fraction of sp³-hybridized carbons (Fsp3) is 0.308. The minimum atomic E-state index is 0.146. The van der Waals surface area contributed by atoms with E-state index < -0.39 is 0 Å². The molecule has 0 spiro atoms. The SMILES string of the molecule is C=CC1CC(=O)N(c2ccc(C)c(N)c2)C1. The van der Waals surface area contributed by atoms with E-state index in [2.05, 4.69) is 6.58 Å². The van der Waals surface area contributed by atoms with Crippen LogP contribution in [0.1, 0.15) is 12.0 Å². The van der Waals surface area contributed by atoms with Crippen molar-refractivity contribution < 1.29 is 4.79 Å². The van der Waals surface area contributed by atoms with Crippen LogP contribution in [-0.2, 0) is 4.79 Å². The summed E-state index contributed by atoms with van der Waals surface area (Å²) in [4.78, 5) is 13.6. The van der Waals surface area contributed by atoms with Crippen molar-refractivity contribution in [1.82, 2.24) is 0 Å². The van der Waals surface area contributed by atoms with Gasteiger partial charge in [-0.2, -0.15) is 0 Å². The summed E-state index contributed by atoms with van der Waals surface area (Å²) in [6.45, 7) is 6.40. The molecule has 1 unspecified atom stereocenters. The largest absolute Gasteiger partial charge is 0.398 e. The number of nitrogens with zero attached hydrogens (tertiary/aromatic N) is 1. The molecule has 2 rings (SSSR count). The molecule has 0 radical (unpaired) electrons. The Kier molecular flexibility index (Phi) is 2.69.